The van der Waals surface area contributed by atoms with E-state index in [9.17, 15) is 0 Å². The molecule has 0 aliphatic carbocycles. The second-order valence-electron chi connectivity index (χ2n) is 6.64. The third-order valence-electron chi connectivity index (χ3n) is 4.57. The number of aliphatic imine (C=N–C) groups is 1. The molecular formula is C21H34IN5O. The molecule has 0 aliphatic rings. The minimum atomic E-state index is 0. The summed E-state index contributed by atoms with van der Waals surface area (Å²) in [5.74, 6) is 0.810. The summed E-state index contributed by atoms with van der Waals surface area (Å²) < 4.78 is 7.63. The molecule has 1 aromatic heterocycles. The topological polar surface area (TPSA) is 63.5 Å². The Hall–Kier alpha value is -1.61. The van der Waals surface area contributed by atoms with E-state index < -0.39 is 0 Å². The number of aryl methyl sites for hydroxylation is 2. The first-order valence-electron chi connectivity index (χ1n) is 9.72. The van der Waals surface area contributed by atoms with Crippen molar-refractivity contribution in [3.8, 4) is 0 Å². The fourth-order valence-corrected chi connectivity index (χ4v) is 2.93. The van der Waals surface area contributed by atoms with Gasteiger partial charge in [0.1, 0.15) is 0 Å². The standard InChI is InChI=1S/C21H33N5O.HI/c1-6-12-27-15-19-11-9-8-10-18(19)13-23-21(22-7-2)24-14-20-16(3)25-26(5)17(20)4;/h8-11H,6-7,12-15H2,1-5H3,(H2,22,23,24);1H. The maximum absolute atomic E-state index is 5.71. The van der Waals surface area contributed by atoms with Gasteiger partial charge >= 0.3 is 0 Å². The number of benzene rings is 1. The average molecular weight is 499 g/mol. The highest BCUT2D eigenvalue weighted by molar-refractivity contribution is 14.0. The molecule has 0 radical (unpaired) electrons. The van der Waals surface area contributed by atoms with E-state index in [0.29, 0.717) is 19.7 Å². The summed E-state index contributed by atoms with van der Waals surface area (Å²) in [6.07, 6.45) is 1.03. The predicted octanol–water partition coefficient (Wildman–Crippen LogP) is 3.84. The van der Waals surface area contributed by atoms with Crippen LogP contribution in [0, 0.1) is 13.8 Å². The molecule has 0 amide bonds. The lowest BCUT2D eigenvalue weighted by Crippen LogP contribution is -2.37. The number of guanidine groups is 1. The number of rotatable bonds is 9. The maximum atomic E-state index is 5.71. The van der Waals surface area contributed by atoms with Crippen molar-refractivity contribution in [1.29, 1.82) is 0 Å². The van der Waals surface area contributed by atoms with Crippen molar-refractivity contribution in [2.75, 3.05) is 13.2 Å². The van der Waals surface area contributed by atoms with Gasteiger partial charge in [-0.2, -0.15) is 5.10 Å². The molecule has 7 heteroatoms. The summed E-state index contributed by atoms with van der Waals surface area (Å²) in [6, 6.07) is 8.34. The fourth-order valence-electron chi connectivity index (χ4n) is 2.93. The van der Waals surface area contributed by atoms with E-state index in [-0.39, 0.29) is 24.0 Å². The van der Waals surface area contributed by atoms with E-state index in [4.69, 9.17) is 9.73 Å². The Morgan fingerprint density at radius 3 is 2.46 bits per heavy atom. The molecule has 0 saturated carbocycles. The highest BCUT2D eigenvalue weighted by Gasteiger charge is 2.10. The summed E-state index contributed by atoms with van der Waals surface area (Å²) in [4.78, 5) is 4.77. The van der Waals surface area contributed by atoms with Crippen LogP contribution in [0.2, 0.25) is 0 Å². The van der Waals surface area contributed by atoms with Crippen LogP contribution in [0.15, 0.2) is 29.3 Å². The fraction of sp³-hybridized carbons (Fsp3) is 0.524. The second-order valence-corrected chi connectivity index (χ2v) is 6.64. The van der Waals surface area contributed by atoms with E-state index in [1.54, 1.807) is 0 Å². The Morgan fingerprint density at radius 2 is 1.86 bits per heavy atom. The van der Waals surface area contributed by atoms with Gasteiger partial charge in [-0.25, -0.2) is 4.99 Å². The lowest BCUT2D eigenvalue weighted by atomic mass is 10.1. The molecule has 0 fully saturated rings. The number of hydrogen-bond donors (Lipinski definition) is 2. The molecule has 6 nitrogen and oxygen atoms in total. The lowest BCUT2D eigenvalue weighted by Gasteiger charge is -2.13. The first-order valence-corrected chi connectivity index (χ1v) is 9.72. The van der Waals surface area contributed by atoms with Gasteiger partial charge in [-0.3, -0.25) is 4.68 Å². The van der Waals surface area contributed by atoms with E-state index in [2.05, 4.69) is 60.8 Å². The van der Waals surface area contributed by atoms with Gasteiger partial charge in [0.2, 0.25) is 0 Å². The van der Waals surface area contributed by atoms with E-state index in [1.807, 2.05) is 18.7 Å². The minimum Gasteiger partial charge on any atom is -0.377 e. The van der Waals surface area contributed by atoms with Gasteiger partial charge < -0.3 is 15.4 Å². The molecule has 1 aromatic carbocycles. The number of nitrogens with one attached hydrogen (secondary N) is 2. The molecule has 28 heavy (non-hydrogen) atoms. The summed E-state index contributed by atoms with van der Waals surface area (Å²) in [6.45, 7) is 11.9. The van der Waals surface area contributed by atoms with Gasteiger partial charge in [-0.05, 0) is 38.3 Å². The zero-order chi connectivity index (χ0) is 19.6. The quantitative estimate of drug-likeness (QED) is 0.238. The number of ether oxygens (including phenoxy) is 1. The largest absolute Gasteiger partial charge is 0.377 e. The number of halogens is 1. The van der Waals surface area contributed by atoms with Gasteiger partial charge in [0.05, 0.1) is 18.8 Å². The summed E-state index contributed by atoms with van der Waals surface area (Å²) in [7, 11) is 1.97. The van der Waals surface area contributed by atoms with Crippen LogP contribution < -0.4 is 10.6 Å². The Labute approximate surface area is 186 Å². The molecule has 0 saturated heterocycles. The van der Waals surface area contributed by atoms with Gasteiger partial charge in [0.25, 0.3) is 0 Å². The van der Waals surface area contributed by atoms with Crippen molar-refractivity contribution in [3.63, 3.8) is 0 Å². The Balaban J connectivity index is 0.00000392. The highest BCUT2D eigenvalue weighted by atomic mass is 127. The van der Waals surface area contributed by atoms with E-state index in [1.165, 1.54) is 22.4 Å². The van der Waals surface area contributed by atoms with Gasteiger partial charge in [0.15, 0.2) is 5.96 Å². The van der Waals surface area contributed by atoms with Crippen molar-refractivity contribution in [2.24, 2.45) is 12.0 Å². The SMILES string of the molecule is CCCOCc1ccccc1CN=C(NCC)NCc1c(C)nn(C)c1C.I. The van der Waals surface area contributed by atoms with Crippen LogP contribution in [0.25, 0.3) is 0 Å². The molecule has 1 heterocycles. The van der Waals surface area contributed by atoms with Crippen molar-refractivity contribution < 1.29 is 4.74 Å². The van der Waals surface area contributed by atoms with Crippen molar-refractivity contribution in [1.82, 2.24) is 20.4 Å². The first-order chi connectivity index (χ1) is 13.1. The Kier molecular flexibility index (Phi) is 11.1. The molecule has 0 spiro atoms. The Morgan fingerprint density at radius 1 is 1.14 bits per heavy atom. The van der Waals surface area contributed by atoms with Crippen LogP contribution in [-0.2, 0) is 31.5 Å². The zero-order valence-corrected chi connectivity index (χ0v) is 20.0. The molecule has 0 atom stereocenters. The molecule has 2 N–H and O–H groups in total. The van der Waals surface area contributed by atoms with E-state index in [0.717, 1.165) is 31.2 Å². The molecule has 0 bridgehead atoms. The first kappa shape index (κ1) is 24.4. The maximum Gasteiger partial charge on any atom is 0.191 e. The Bertz CT molecular complexity index is 757. The van der Waals surface area contributed by atoms with Crippen LogP contribution in [0.4, 0.5) is 0 Å². The zero-order valence-electron chi connectivity index (χ0n) is 17.7. The van der Waals surface area contributed by atoms with Crippen molar-refractivity contribution >= 4 is 29.9 Å². The molecule has 2 rings (SSSR count). The molecule has 2 aromatic rings. The highest BCUT2D eigenvalue weighted by Crippen LogP contribution is 2.13. The summed E-state index contributed by atoms with van der Waals surface area (Å²) in [5, 5.41) is 11.2. The summed E-state index contributed by atoms with van der Waals surface area (Å²) in [5.41, 5.74) is 5.84. The smallest absolute Gasteiger partial charge is 0.191 e. The van der Waals surface area contributed by atoms with Gasteiger partial charge in [-0.1, -0.05) is 31.2 Å². The minimum absolute atomic E-state index is 0. The number of aromatic nitrogens is 2. The third kappa shape index (κ3) is 7.09. The average Bonchev–Trinajstić information content (AvgIpc) is 2.90. The van der Waals surface area contributed by atoms with Crippen LogP contribution in [0.3, 0.4) is 0 Å². The monoisotopic (exact) mass is 499 g/mol. The number of hydrogen-bond acceptors (Lipinski definition) is 3. The number of nitrogens with zero attached hydrogens (tertiary/aromatic N) is 3. The van der Waals surface area contributed by atoms with Crippen molar-refractivity contribution in [3.05, 3.63) is 52.3 Å². The van der Waals surface area contributed by atoms with Crippen LogP contribution in [0.5, 0.6) is 0 Å². The lowest BCUT2D eigenvalue weighted by molar-refractivity contribution is 0.121. The van der Waals surface area contributed by atoms with Crippen LogP contribution in [-0.4, -0.2) is 28.9 Å². The third-order valence-corrected chi connectivity index (χ3v) is 4.57. The predicted molar refractivity (Wildman–Crippen MR) is 126 cm³/mol. The molecule has 156 valence electrons. The molecule has 0 unspecified atom stereocenters. The molecule has 0 aliphatic heterocycles. The van der Waals surface area contributed by atoms with E-state index >= 15 is 0 Å². The van der Waals surface area contributed by atoms with Crippen LogP contribution >= 0.6 is 24.0 Å². The summed E-state index contributed by atoms with van der Waals surface area (Å²) >= 11 is 0. The second kappa shape index (κ2) is 12.8. The normalized spacial score (nSPS) is 11.2. The molecular weight excluding hydrogens is 465 g/mol. The van der Waals surface area contributed by atoms with Gasteiger partial charge in [0, 0.05) is 38.0 Å². The van der Waals surface area contributed by atoms with Crippen molar-refractivity contribution in [2.45, 2.75) is 53.8 Å². The van der Waals surface area contributed by atoms with Gasteiger partial charge in [-0.15, -0.1) is 24.0 Å². The van der Waals surface area contributed by atoms with Crippen LogP contribution in [0.1, 0.15) is 48.3 Å².